The van der Waals surface area contributed by atoms with Crippen LogP contribution < -0.4 is 0 Å². The van der Waals surface area contributed by atoms with E-state index >= 15 is 0 Å². The molecule has 1 aromatic carbocycles. The first kappa shape index (κ1) is 13.5. The Balaban J connectivity index is 2.67. The Morgan fingerprint density at radius 3 is 2.68 bits per heavy atom. The van der Waals surface area contributed by atoms with Crippen LogP contribution in [0.15, 0.2) is 6.07 Å². The number of aryl methyl sites for hydroxylation is 1. The van der Waals surface area contributed by atoms with Crippen LogP contribution in [0.5, 0.6) is 0 Å². The maximum atomic E-state index is 11.9. The molecular formula is C14H16O5. The highest BCUT2D eigenvalue weighted by Gasteiger charge is 2.42. The molecule has 0 fully saturated rings. The van der Waals surface area contributed by atoms with E-state index in [4.69, 9.17) is 9.47 Å². The number of hydrogen-bond donors (Lipinski definition) is 1. The highest BCUT2D eigenvalue weighted by Crippen LogP contribution is 2.38. The van der Waals surface area contributed by atoms with E-state index in [-0.39, 0.29) is 12.2 Å². The molecule has 0 radical (unpaired) electrons. The number of ether oxygens (including phenoxy) is 2. The van der Waals surface area contributed by atoms with Gasteiger partial charge >= 0.3 is 11.9 Å². The second-order valence-electron chi connectivity index (χ2n) is 4.71. The van der Waals surface area contributed by atoms with Crippen LogP contribution in [0, 0.1) is 13.8 Å². The summed E-state index contributed by atoms with van der Waals surface area (Å²) in [4.78, 5) is 23.7. The third-order valence-corrected chi connectivity index (χ3v) is 3.25. The monoisotopic (exact) mass is 264 g/mol. The predicted molar refractivity (Wildman–Crippen MR) is 66.9 cm³/mol. The third-order valence-electron chi connectivity index (χ3n) is 3.25. The Morgan fingerprint density at radius 1 is 1.47 bits per heavy atom. The van der Waals surface area contributed by atoms with Crippen LogP contribution in [-0.2, 0) is 15.3 Å². The molecular weight excluding hydrogens is 248 g/mol. The van der Waals surface area contributed by atoms with Gasteiger partial charge in [0.05, 0.1) is 17.7 Å². The maximum absolute atomic E-state index is 11.9. The molecule has 5 heteroatoms. The van der Waals surface area contributed by atoms with Gasteiger partial charge in [-0.15, -0.1) is 0 Å². The molecule has 1 aliphatic rings. The molecule has 19 heavy (non-hydrogen) atoms. The van der Waals surface area contributed by atoms with E-state index in [2.05, 4.69) is 0 Å². The lowest BCUT2D eigenvalue weighted by Crippen LogP contribution is -2.20. The summed E-state index contributed by atoms with van der Waals surface area (Å²) in [5, 5.41) is 10.0. The smallest absolute Gasteiger partial charge is 0.341 e. The van der Waals surface area contributed by atoms with Crippen molar-refractivity contribution >= 4 is 11.9 Å². The predicted octanol–water partition coefficient (Wildman–Crippen LogP) is 1.82. The molecule has 0 saturated heterocycles. The number of esters is 2. The van der Waals surface area contributed by atoms with Gasteiger partial charge in [0, 0.05) is 12.5 Å². The summed E-state index contributed by atoms with van der Waals surface area (Å²) < 4.78 is 9.90. The van der Waals surface area contributed by atoms with Crippen molar-refractivity contribution in [2.75, 3.05) is 6.61 Å². The van der Waals surface area contributed by atoms with E-state index in [9.17, 15) is 14.7 Å². The molecule has 1 unspecified atom stereocenters. The summed E-state index contributed by atoms with van der Waals surface area (Å²) in [6, 6.07) is 1.60. The van der Waals surface area contributed by atoms with Crippen LogP contribution in [0.2, 0.25) is 0 Å². The van der Waals surface area contributed by atoms with Crippen molar-refractivity contribution in [3.05, 3.63) is 33.9 Å². The van der Waals surface area contributed by atoms with E-state index in [1.807, 2.05) is 0 Å². The second-order valence-corrected chi connectivity index (χ2v) is 4.71. The van der Waals surface area contributed by atoms with Crippen molar-refractivity contribution in [2.24, 2.45) is 0 Å². The fraction of sp³-hybridized carbons (Fsp3) is 0.429. The van der Waals surface area contributed by atoms with Gasteiger partial charge in [0.15, 0.2) is 0 Å². The van der Waals surface area contributed by atoms with Gasteiger partial charge in [-0.1, -0.05) is 0 Å². The van der Waals surface area contributed by atoms with Gasteiger partial charge in [0.2, 0.25) is 5.79 Å². The summed E-state index contributed by atoms with van der Waals surface area (Å²) in [6.45, 7) is 6.77. The Labute approximate surface area is 111 Å². The summed E-state index contributed by atoms with van der Waals surface area (Å²) >= 11 is 0. The molecule has 0 amide bonds. The van der Waals surface area contributed by atoms with Gasteiger partial charge in [0.25, 0.3) is 0 Å². The molecule has 1 atom stereocenters. The lowest BCUT2D eigenvalue weighted by atomic mass is 9.91. The van der Waals surface area contributed by atoms with E-state index in [0.29, 0.717) is 22.3 Å². The molecule has 1 aliphatic heterocycles. The van der Waals surface area contributed by atoms with Crippen molar-refractivity contribution in [1.82, 2.24) is 0 Å². The number of hydrogen-bond acceptors (Lipinski definition) is 5. The third kappa shape index (κ3) is 2.00. The molecule has 0 aliphatic carbocycles. The first-order valence-corrected chi connectivity index (χ1v) is 6.07. The zero-order valence-corrected chi connectivity index (χ0v) is 11.4. The van der Waals surface area contributed by atoms with Crippen LogP contribution in [0.3, 0.4) is 0 Å². The maximum Gasteiger partial charge on any atom is 0.341 e. The quantitative estimate of drug-likeness (QED) is 0.825. The fourth-order valence-electron chi connectivity index (χ4n) is 2.42. The van der Waals surface area contributed by atoms with E-state index in [1.54, 1.807) is 26.8 Å². The minimum Gasteiger partial charge on any atom is -0.462 e. The van der Waals surface area contributed by atoms with Crippen LogP contribution in [0.25, 0.3) is 0 Å². The van der Waals surface area contributed by atoms with Crippen LogP contribution in [-0.4, -0.2) is 23.7 Å². The molecule has 1 aromatic rings. The molecule has 0 bridgehead atoms. The van der Waals surface area contributed by atoms with E-state index < -0.39 is 17.7 Å². The van der Waals surface area contributed by atoms with Crippen molar-refractivity contribution < 1.29 is 24.2 Å². The van der Waals surface area contributed by atoms with Gasteiger partial charge in [-0.25, -0.2) is 9.59 Å². The summed E-state index contributed by atoms with van der Waals surface area (Å²) in [5.74, 6) is -2.74. The van der Waals surface area contributed by atoms with Crippen LogP contribution in [0.4, 0.5) is 0 Å². The summed E-state index contributed by atoms with van der Waals surface area (Å²) in [5.41, 5.74) is 2.12. The molecule has 0 saturated carbocycles. The number of cyclic esters (lactones) is 1. The molecule has 0 aromatic heterocycles. The molecule has 0 spiro atoms. The van der Waals surface area contributed by atoms with E-state index in [1.165, 1.54) is 6.92 Å². The van der Waals surface area contributed by atoms with Crippen molar-refractivity contribution in [2.45, 2.75) is 33.5 Å². The van der Waals surface area contributed by atoms with Gasteiger partial charge in [-0.3, -0.25) is 0 Å². The van der Waals surface area contributed by atoms with Gasteiger partial charge in [-0.2, -0.15) is 0 Å². The van der Waals surface area contributed by atoms with Gasteiger partial charge in [0.1, 0.15) is 0 Å². The first-order valence-electron chi connectivity index (χ1n) is 6.07. The van der Waals surface area contributed by atoms with Crippen LogP contribution >= 0.6 is 0 Å². The highest BCUT2D eigenvalue weighted by atomic mass is 16.7. The Hall–Kier alpha value is -1.88. The minimum atomic E-state index is -1.64. The first-order chi connectivity index (χ1) is 8.79. The average Bonchev–Trinajstić information content (AvgIpc) is 2.49. The lowest BCUT2D eigenvalue weighted by Gasteiger charge is -2.17. The standard InChI is InChI=1S/C14H16O5/c1-5-18-12(15)10-7(2)6-9-11(8(10)3)13(16)19-14(9,4)17/h6,17H,5H2,1-4H3. The number of rotatable bonds is 2. The molecule has 102 valence electrons. The van der Waals surface area contributed by atoms with E-state index in [0.717, 1.165) is 0 Å². The van der Waals surface area contributed by atoms with Crippen molar-refractivity contribution in [3.8, 4) is 0 Å². The molecule has 5 nitrogen and oxygen atoms in total. The number of fused-ring (bicyclic) bond motifs is 1. The van der Waals surface area contributed by atoms with Crippen molar-refractivity contribution in [1.29, 1.82) is 0 Å². The topological polar surface area (TPSA) is 72.8 Å². The minimum absolute atomic E-state index is 0.249. The highest BCUT2D eigenvalue weighted by molar-refractivity contribution is 6.01. The zero-order chi connectivity index (χ0) is 14.4. The second kappa shape index (κ2) is 4.35. The number of carbonyl (C=O) groups excluding carboxylic acids is 2. The average molecular weight is 264 g/mol. The van der Waals surface area contributed by atoms with Crippen LogP contribution in [0.1, 0.15) is 51.3 Å². The van der Waals surface area contributed by atoms with Crippen molar-refractivity contribution in [3.63, 3.8) is 0 Å². The Kier molecular flexibility index (Phi) is 3.10. The fourth-order valence-corrected chi connectivity index (χ4v) is 2.42. The van der Waals surface area contributed by atoms with Gasteiger partial charge < -0.3 is 14.6 Å². The van der Waals surface area contributed by atoms with Gasteiger partial charge in [-0.05, 0) is 38.0 Å². The molecule has 2 rings (SSSR count). The summed E-state index contributed by atoms with van der Waals surface area (Å²) in [7, 11) is 0. The number of benzene rings is 1. The molecule has 1 heterocycles. The normalized spacial score (nSPS) is 21.0. The number of carbonyl (C=O) groups is 2. The zero-order valence-electron chi connectivity index (χ0n) is 11.4. The largest absolute Gasteiger partial charge is 0.462 e. The Morgan fingerprint density at radius 2 is 2.11 bits per heavy atom. The lowest BCUT2D eigenvalue weighted by molar-refractivity contribution is -0.147. The SMILES string of the molecule is CCOC(=O)c1c(C)cc2c(c1C)C(=O)OC2(C)O. The number of aliphatic hydroxyl groups is 1. The summed E-state index contributed by atoms with van der Waals surface area (Å²) in [6.07, 6.45) is 0. The molecule has 1 N–H and O–H groups in total. The Bertz CT molecular complexity index is 572.